The predicted octanol–water partition coefficient (Wildman–Crippen LogP) is 3.67. The van der Waals surface area contributed by atoms with Crippen LogP contribution in [0.5, 0.6) is 0 Å². The molecule has 2 aromatic rings. The third-order valence-corrected chi connectivity index (χ3v) is 2.87. The van der Waals surface area contributed by atoms with Crippen LogP contribution in [-0.2, 0) is 6.42 Å². The van der Waals surface area contributed by atoms with Crippen molar-refractivity contribution in [3.8, 4) is 11.3 Å². The second-order valence-corrected chi connectivity index (χ2v) is 4.12. The van der Waals surface area contributed by atoms with Crippen LogP contribution < -0.4 is 0 Å². The summed E-state index contributed by atoms with van der Waals surface area (Å²) >= 11 is 3.45. The van der Waals surface area contributed by atoms with Crippen molar-refractivity contribution in [2.24, 2.45) is 0 Å². The molecule has 2 nitrogen and oxygen atoms in total. The number of halogens is 1. The SMILES string of the molecule is BrCCCc1ccccc1-c1cocn1. The van der Waals surface area contributed by atoms with Crippen LogP contribution in [-0.4, -0.2) is 10.3 Å². The molecule has 2 rings (SSSR count). The number of alkyl halides is 1. The largest absolute Gasteiger partial charge is 0.451 e. The van der Waals surface area contributed by atoms with Crippen molar-refractivity contribution in [3.05, 3.63) is 42.5 Å². The summed E-state index contributed by atoms with van der Waals surface area (Å²) in [5.41, 5.74) is 3.42. The van der Waals surface area contributed by atoms with E-state index in [9.17, 15) is 0 Å². The van der Waals surface area contributed by atoms with E-state index in [1.165, 1.54) is 17.5 Å². The average molecular weight is 266 g/mol. The number of oxazole rings is 1. The molecule has 1 heterocycles. The zero-order valence-corrected chi connectivity index (χ0v) is 9.90. The molecule has 78 valence electrons. The maximum atomic E-state index is 5.01. The van der Waals surface area contributed by atoms with Crippen molar-refractivity contribution in [3.63, 3.8) is 0 Å². The predicted molar refractivity (Wildman–Crippen MR) is 64.1 cm³/mol. The lowest BCUT2D eigenvalue weighted by Gasteiger charge is -2.05. The van der Waals surface area contributed by atoms with Gasteiger partial charge in [-0.05, 0) is 18.4 Å². The molecule has 0 atom stereocenters. The van der Waals surface area contributed by atoms with Crippen LogP contribution in [0.1, 0.15) is 12.0 Å². The summed E-state index contributed by atoms with van der Waals surface area (Å²) in [6.07, 6.45) is 5.35. The molecule has 0 unspecified atom stereocenters. The zero-order chi connectivity index (χ0) is 10.5. The number of rotatable bonds is 4. The Morgan fingerprint density at radius 2 is 2.13 bits per heavy atom. The molecule has 1 aromatic heterocycles. The van der Waals surface area contributed by atoms with Gasteiger partial charge < -0.3 is 4.42 Å². The third-order valence-electron chi connectivity index (χ3n) is 2.31. The number of aryl methyl sites for hydroxylation is 1. The smallest absolute Gasteiger partial charge is 0.181 e. The summed E-state index contributed by atoms with van der Waals surface area (Å²) in [6, 6.07) is 8.32. The van der Waals surface area contributed by atoms with Gasteiger partial charge in [-0.3, -0.25) is 0 Å². The fraction of sp³-hybridized carbons (Fsp3) is 0.250. The summed E-state index contributed by atoms with van der Waals surface area (Å²) in [5, 5.41) is 1.03. The number of benzene rings is 1. The molecule has 0 fully saturated rings. The van der Waals surface area contributed by atoms with Crippen LogP contribution in [0.3, 0.4) is 0 Å². The molecule has 1 aromatic carbocycles. The minimum Gasteiger partial charge on any atom is -0.451 e. The zero-order valence-electron chi connectivity index (χ0n) is 8.32. The Labute approximate surface area is 97.5 Å². The molecular formula is C12H12BrNO. The molecular weight excluding hydrogens is 254 g/mol. The van der Waals surface area contributed by atoms with Crippen LogP contribution in [0.25, 0.3) is 11.3 Å². The maximum Gasteiger partial charge on any atom is 0.181 e. The van der Waals surface area contributed by atoms with Gasteiger partial charge in [0.2, 0.25) is 0 Å². The minimum absolute atomic E-state index is 0.917. The molecule has 3 heteroatoms. The van der Waals surface area contributed by atoms with Crippen molar-refractivity contribution in [1.29, 1.82) is 0 Å². The normalized spacial score (nSPS) is 10.5. The molecule has 0 aliphatic heterocycles. The molecule has 0 saturated heterocycles. The molecule has 15 heavy (non-hydrogen) atoms. The first-order valence-corrected chi connectivity index (χ1v) is 6.06. The molecule has 0 aliphatic carbocycles. The van der Waals surface area contributed by atoms with E-state index in [0.29, 0.717) is 0 Å². The van der Waals surface area contributed by atoms with Crippen LogP contribution in [0.4, 0.5) is 0 Å². The van der Waals surface area contributed by atoms with Gasteiger partial charge in [-0.15, -0.1) is 0 Å². The van der Waals surface area contributed by atoms with Gasteiger partial charge in [0, 0.05) is 10.9 Å². The molecule has 0 saturated carbocycles. The second kappa shape index (κ2) is 5.12. The molecule has 0 radical (unpaired) electrons. The van der Waals surface area contributed by atoms with E-state index in [0.717, 1.165) is 23.9 Å². The summed E-state index contributed by atoms with van der Waals surface area (Å²) in [5.74, 6) is 0. The van der Waals surface area contributed by atoms with Crippen molar-refractivity contribution >= 4 is 15.9 Å². The van der Waals surface area contributed by atoms with Gasteiger partial charge in [0.1, 0.15) is 12.0 Å². The molecule has 0 bridgehead atoms. The summed E-state index contributed by atoms with van der Waals surface area (Å²) in [4.78, 5) is 4.18. The Morgan fingerprint density at radius 1 is 1.27 bits per heavy atom. The van der Waals surface area contributed by atoms with Crippen LogP contribution in [0.15, 0.2) is 41.3 Å². The van der Waals surface area contributed by atoms with Crippen LogP contribution >= 0.6 is 15.9 Å². The van der Waals surface area contributed by atoms with E-state index in [4.69, 9.17) is 4.42 Å². The quantitative estimate of drug-likeness (QED) is 0.789. The highest BCUT2D eigenvalue weighted by Crippen LogP contribution is 2.22. The Hall–Kier alpha value is -1.09. The van der Waals surface area contributed by atoms with Crippen molar-refractivity contribution < 1.29 is 4.42 Å². The highest BCUT2D eigenvalue weighted by atomic mass is 79.9. The van der Waals surface area contributed by atoms with E-state index in [2.05, 4.69) is 39.1 Å². The maximum absolute atomic E-state index is 5.01. The van der Waals surface area contributed by atoms with Gasteiger partial charge >= 0.3 is 0 Å². The number of hydrogen-bond acceptors (Lipinski definition) is 2. The summed E-state index contributed by atoms with van der Waals surface area (Å²) in [7, 11) is 0. The van der Waals surface area contributed by atoms with Gasteiger partial charge in [0.05, 0.1) is 0 Å². The minimum atomic E-state index is 0.917. The van der Waals surface area contributed by atoms with Crippen LogP contribution in [0, 0.1) is 0 Å². The fourth-order valence-corrected chi connectivity index (χ4v) is 1.87. The van der Waals surface area contributed by atoms with Crippen molar-refractivity contribution in [2.45, 2.75) is 12.8 Å². The van der Waals surface area contributed by atoms with E-state index < -0.39 is 0 Å². The molecule has 0 aliphatic rings. The summed E-state index contributed by atoms with van der Waals surface area (Å²) < 4.78 is 5.01. The van der Waals surface area contributed by atoms with Gasteiger partial charge in [0.25, 0.3) is 0 Å². The van der Waals surface area contributed by atoms with Crippen molar-refractivity contribution in [2.75, 3.05) is 5.33 Å². The van der Waals surface area contributed by atoms with Crippen LogP contribution in [0.2, 0.25) is 0 Å². The lowest BCUT2D eigenvalue weighted by Crippen LogP contribution is -1.90. The highest BCUT2D eigenvalue weighted by Gasteiger charge is 2.05. The van der Waals surface area contributed by atoms with E-state index in [1.807, 2.05) is 6.07 Å². The molecule has 0 amide bonds. The van der Waals surface area contributed by atoms with Gasteiger partial charge in [-0.1, -0.05) is 40.2 Å². The van der Waals surface area contributed by atoms with Crippen molar-refractivity contribution in [1.82, 2.24) is 4.98 Å². The Morgan fingerprint density at radius 3 is 2.87 bits per heavy atom. The lowest BCUT2D eigenvalue weighted by molar-refractivity contribution is 0.558. The fourth-order valence-electron chi connectivity index (χ4n) is 1.59. The Balaban J connectivity index is 2.30. The Bertz CT molecular complexity index is 411. The average Bonchev–Trinajstić information content (AvgIpc) is 2.80. The monoisotopic (exact) mass is 265 g/mol. The highest BCUT2D eigenvalue weighted by molar-refractivity contribution is 9.09. The molecule has 0 N–H and O–H groups in total. The number of nitrogens with zero attached hydrogens (tertiary/aromatic N) is 1. The lowest BCUT2D eigenvalue weighted by atomic mass is 10.0. The van der Waals surface area contributed by atoms with Gasteiger partial charge in [0.15, 0.2) is 6.39 Å². The third kappa shape index (κ3) is 2.48. The first kappa shape index (κ1) is 10.4. The van der Waals surface area contributed by atoms with E-state index in [1.54, 1.807) is 6.26 Å². The molecule has 0 spiro atoms. The first-order valence-electron chi connectivity index (χ1n) is 4.94. The van der Waals surface area contributed by atoms with E-state index in [-0.39, 0.29) is 0 Å². The van der Waals surface area contributed by atoms with Gasteiger partial charge in [-0.2, -0.15) is 0 Å². The van der Waals surface area contributed by atoms with Gasteiger partial charge in [-0.25, -0.2) is 4.98 Å². The standard InChI is InChI=1S/C12H12BrNO/c13-7-3-5-10-4-1-2-6-11(10)12-8-15-9-14-12/h1-2,4,6,8-9H,3,5,7H2. The number of aromatic nitrogens is 1. The van der Waals surface area contributed by atoms with E-state index >= 15 is 0 Å². The Kier molecular flexibility index (Phi) is 3.56. The first-order chi connectivity index (χ1) is 7.42. The second-order valence-electron chi connectivity index (χ2n) is 3.32. The summed E-state index contributed by atoms with van der Waals surface area (Å²) in [6.45, 7) is 0. The topological polar surface area (TPSA) is 26.0 Å². The number of hydrogen-bond donors (Lipinski definition) is 0.